The number of hydrogen-bond acceptors (Lipinski definition) is 2. The number of allylic oxidation sites excluding steroid dienone is 1. The van der Waals surface area contributed by atoms with E-state index in [1.54, 1.807) is 18.2 Å². The van der Waals surface area contributed by atoms with Gasteiger partial charge in [-0.15, -0.1) is 0 Å². The second kappa shape index (κ2) is 5.46. The molecule has 0 aromatic heterocycles. The molecule has 0 fully saturated rings. The summed E-state index contributed by atoms with van der Waals surface area (Å²) >= 11 is 3.26. The minimum atomic E-state index is -0.959. The third-order valence-electron chi connectivity index (χ3n) is 1.78. The second-order valence-electron chi connectivity index (χ2n) is 2.85. The summed E-state index contributed by atoms with van der Waals surface area (Å²) in [6, 6.07) is 4.74. The molecule has 4 heteroatoms. The van der Waals surface area contributed by atoms with E-state index < -0.39 is 5.97 Å². The molecule has 15 heavy (non-hydrogen) atoms. The number of carboxylic acids is 1. The van der Waals surface area contributed by atoms with Crippen molar-refractivity contribution < 1.29 is 14.7 Å². The van der Waals surface area contributed by atoms with Gasteiger partial charge in [-0.2, -0.15) is 0 Å². The average molecular weight is 269 g/mol. The van der Waals surface area contributed by atoms with Crippen molar-refractivity contribution >= 4 is 34.3 Å². The van der Waals surface area contributed by atoms with Crippen LogP contribution in [0.4, 0.5) is 0 Å². The lowest BCUT2D eigenvalue weighted by molar-refractivity contribution is -0.107. The van der Waals surface area contributed by atoms with Crippen molar-refractivity contribution in [1.29, 1.82) is 0 Å². The molecule has 0 atom stereocenters. The number of carbonyl (C=O) groups is 2. The van der Waals surface area contributed by atoms with Crippen molar-refractivity contribution in [1.82, 2.24) is 0 Å². The van der Waals surface area contributed by atoms with E-state index in [1.165, 1.54) is 12.1 Å². The van der Waals surface area contributed by atoms with E-state index in [0.29, 0.717) is 10.9 Å². The van der Waals surface area contributed by atoms with Crippen LogP contribution in [0.2, 0.25) is 0 Å². The quantitative estimate of drug-likeness (QED) is 0.855. The molecule has 0 amide bonds. The first-order valence-electron chi connectivity index (χ1n) is 4.28. The highest BCUT2D eigenvalue weighted by Gasteiger charge is 2.04. The molecule has 3 nitrogen and oxygen atoms in total. The van der Waals surface area contributed by atoms with Crippen LogP contribution in [0.1, 0.15) is 22.3 Å². The van der Waals surface area contributed by atoms with E-state index >= 15 is 0 Å². The zero-order valence-electron chi connectivity index (χ0n) is 7.81. The molecular formula is C11H9BrO3. The summed E-state index contributed by atoms with van der Waals surface area (Å²) in [4.78, 5) is 20.7. The Morgan fingerprint density at radius 2 is 2.20 bits per heavy atom. The van der Waals surface area contributed by atoms with Crippen molar-refractivity contribution in [2.45, 2.75) is 6.42 Å². The first-order valence-corrected chi connectivity index (χ1v) is 5.07. The van der Waals surface area contributed by atoms with Crippen LogP contribution in [0.25, 0.3) is 6.08 Å². The maximum absolute atomic E-state index is 10.6. The summed E-state index contributed by atoms with van der Waals surface area (Å²) in [6.07, 6.45) is 4.64. The van der Waals surface area contributed by atoms with Crippen molar-refractivity contribution in [2.75, 3.05) is 0 Å². The first kappa shape index (κ1) is 11.7. The summed E-state index contributed by atoms with van der Waals surface area (Å²) in [5.41, 5.74) is 1.08. The lowest BCUT2D eigenvalue weighted by atomic mass is 10.1. The number of carboxylic acid groups (broad SMARTS) is 1. The third-order valence-corrected chi connectivity index (χ3v) is 2.46. The summed E-state index contributed by atoms with van der Waals surface area (Å²) in [5, 5.41) is 8.73. The van der Waals surface area contributed by atoms with Gasteiger partial charge in [0.25, 0.3) is 0 Å². The molecule has 1 aromatic carbocycles. The van der Waals surface area contributed by atoms with Gasteiger partial charge in [0, 0.05) is 10.9 Å². The molecular weight excluding hydrogens is 260 g/mol. The Bertz CT molecular complexity index is 410. The van der Waals surface area contributed by atoms with Gasteiger partial charge in [0.05, 0.1) is 5.56 Å². The number of aldehydes is 1. The highest BCUT2D eigenvalue weighted by Crippen LogP contribution is 2.20. The summed E-state index contributed by atoms with van der Waals surface area (Å²) in [7, 11) is 0. The largest absolute Gasteiger partial charge is 0.478 e. The van der Waals surface area contributed by atoms with E-state index in [-0.39, 0.29) is 5.56 Å². The van der Waals surface area contributed by atoms with Crippen molar-refractivity contribution in [2.24, 2.45) is 0 Å². The molecule has 0 heterocycles. The zero-order valence-corrected chi connectivity index (χ0v) is 9.40. The summed E-state index contributed by atoms with van der Waals surface area (Å²) < 4.78 is 0.699. The van der Waals surface area contributed by atoms with Crippen LogP contribution < -0.4 is 0 Å². The Morgan fingerprint density at radius 1 is 1.47 bits per heavy atom. The molecule has 1 rings (SSSR count). The Morgan fingerprint density at radius 3 is 2.73 bits per heavy atom. The van der Waals surface area contributed by atoms with Gasteiger partial charge in [0.15, 0.2) is 0 Å². The van der Waals surface area contributed by atoms with Gasteiger partial charge >= 0.3 is 5.97 Å². The molecule has 0 saturated carbocycles. The standard InChI is InChI=1S/C11H9BrO3/c12-10-7-9(11(14)15)5-4-8(10)3-1-2-6-13/h1,3-7H,2H2,(H,14,15). The Kier molecular flexibility index (Phi) is 4.24. The van der Waals surface area contributed by atoms with Crippen LogP contribution in [-0.2, 0) is 4.79 Å². The molecule has 0 aliphatic carbocycles. The third kappa shape index (κ3) is 3.32. The van der Waals surface area contributed by atoms with Crippen LogP contribution in [0, 0.1) is 0 Å². The van der Waals surface area contributed by atoms with E-state index in [1.807, 2.05) is 0 Å². The molecule has 0 aliphatic rings. The second-order valence-corrected chi connectivity index (χ2v) is 3.70. The van der Waals surface area contributed by atoms with E-state index in [4.69, 9.17) is 5.11 Å². The van der Waals surface area contributed by atoms with Gasteiger partial charge in [-0.25, -0.2) is 4.79 Å². The van der Waals surface area contributed by atoms with Crippen LogP contribution in [0.15, 0.2) is 28.7 Å². The van der Waals surface area contributed by atoms with Gasteiger partial charge in [-0.1, -0.05) is 34.1 Å². The monoisotopic (exact) mass is 268 g/mol. The van der Waals surface area contributed by atoms with Crippen molar-refractivity contribution in [3.05, 3.63) is 39.9 Å². The molecule has 0 radical (unpaired) electrons. The smallest absolute Gasteiger partial charge is 0.335 e. The van der Waals surface area contributed by atoms with E-state index in [9.17, 15) is 9.59 Å². The Hall–Kier alpha value is -1.42. The highest BCUT2D eigenvalue weighted by atomic mass is 79.9. The topological polar surface area (TPSA) is 54.4 Å². The lowest BCUT2D eigenvalue weighted by Gasteiger charge is -2.00. The Balaban J connectivity index is 2.93. The van der Waals surface area contributed by atoms with Crippen LogP contribution in [-0.4, -0.2) is 17.4 Å². The normalized spacial score (nSPS) is 10.5. The fraction of sp³-hybridized carbons (Fsp3) is 0.0909. The predicted molar refractivity (Wildman–Crippen MR) is 60.8 cm³/mol. The summed E-state index contributed by atoms with van der Waals surface area (Å²) in [6.45, 7) is 0. The van der Waals surface area contributed by atoms with Gasteiger partial charge in [0.2, 0.25) is 0 Å². The van der Waals surface area contributed by atoms with Crippen LogP contribution in [0.3, 0.4) is 0 Å². The fourth-order valence-electron chi connectivity index (χ4n) is 1.05. The molecule has 0 saturated heterocycles. The van der Waals surface area contributed by atoms with Crippen LogP contribution >= 0.6 is 15.9 Å². The number of halogens is 1. The summed E-state index contributed by atoms with van der Waals surface area (Å²) in [5.74, 6) is -0.959. The van der Waals surface area contributed by atoms with Gasteiger partial charge in [0.1, 0.15) is 6.29 Å². The number of hydrogen-bond donors (Lipinski definition) is 1. The van der Waals surface area contributed by atoms with Crippen LogP contribution in [0.5, 0.6) is 0 Å². The maximum Gasteiger partial charge on any atom is 0.335 e. The lowest BCUT2D eigenvalue weighted by Crippen LogP contribution is -1.95. The molecule has 1 aromatic rings. The van der Waals surface area contributed by atoms with E-state index in [2.05, 4.69) is 15.9 Å². The average Bonchev–Trinajstić information content (AvgIpc) is 2.20. The SMILES string of the molecule is O=CCC=Cc1ccc(C(=O)O)cc1Br. The van der Waals surface area contributed by atoms with E-state index in [0.717, 1.165) is 11.8 Å². The minimum absolute atomic E-state index is 0.231. The highest BCUT2D eigenvalue weighted by molar-refractivity contribution is 9.10. The fourth-order valence-corrected chi connectivity index (χ4v) is 1.56. The minimum Gasteiger partial charge on any atom is -0.478 e. The molecule has 0 spiro atoms. The molecule has 0 bridgehead atoms. The van der Waals surface area contributed by atoms with Gasteiger partial charge < -0.3 is 9.90 Å². The zero-order chi connectivity index (χ0) is 11.3. The molecule has 0 unspecified atom stereocenters. The Labute approximate surface area is 95.6 Å². The maximum atomic E-state index is 10.6. The number of benzene rings is 1. The first-order chi connectivity index (χ1) is 7.15. The van der Waals surface area contributed by atoms with Crippen molar-refractivity contribution in [3.63, 3.8) is 0 Å². The number of carbonyl (C=O) groups excluding carboxylic acids is 1. The van der Waals surface area contributed by atoms with Gasteiger partial charge in [-0.05, 0) is 17.7 Å². The van der Waals surface area contributed by atoms with Gasteiger partial charge in [-0.3, -0.25) is 0 Å². The molecule has 0 aliphatic heterocycles. The number of rotatable bonds is 4. The molecule has 78 valence electrons. The molecule has 1 N–H and O–H groups in total. The number of aromatic carboxylic acids is 1. The predicted octanol–water partition coefficient (Wildman–Crippen LogP) is 2.75. The van der Waals surface area contributed by atoms with Crippen molar-refractivity contribution in [3.8, 4) is 0 Å².